The molecule has 1 aliphatic heterocycles. The van der Waals surface area contributed by atoms with Gasteiger partial charge in [0.05, 0.1) is 31.5 Å². The summed E-state index contributed by atoms with van der Waals surface area (Å²) in [6.45, 7) is 1.55. The molecule has 0 bridgehead atoms. The average Bonchev–Trinajstić information content (AvgIpc) is 2.87. The summed E-state index contributed by atoms with van der Waals surface area (Å²) >= 11 is 0. The highest BCUT2D eigenvalue weighted by molar-refractivity contribution is 6.03. The fourth-order valence-corrected chi connectivity index (χ4v) is 3.40. The molecule has 172 valence electrons. The van der Waals surface area contributed by atoms with Gasteiger partial charge in [-0.2, -0.15) is 0 Å². The second-order valence-electron chi connectivity index (χ2n) is 7.19. The molecule has 2 aromatic carbocycles. The molecule has 1 heterocycles. The predicted molar refractivity (Wildman–Crippen MR) is 120 cm³/mol. The maximum absolute atomic E-state index is 13.2. The van der Waals surface area contributed by atoms with E-state index < -0.39 is 11.9 Å². The van der Waals surface area contributed by atoms with Crippen LogP contribution in [0.1, 0.15) is 20.7 Å². The third kappa shape index (κ3) is 5.76. The third-order valence-electron chi connectivity index (χ3n) is 5.17. The van der Waals surface area contributed by atoms with Gasteiger partial charge < -0.3 is 24.6 Å². The van der Waals surface area contributed by atoms with Crippen molar-refractivity contribution in [3.8, 4) is 0 Å². The number of nitrogens with zero attached hydrogens (tertiary/aromatic N) is 2. The zero-order chi connectivity index (χ0) is 23.8. The molecule has 9 heteroatoms. The average molecular weight is 451 g/mol. The third-order valence-corrected chi connectivity index (χ3v) is 5.17. The number of carbonyl (C=O) groups excluding carboxylic acids is 4. The van der Waals surface area contributed by atoms with Crippen molar-refractivity contribution in [1.82, 2.24) is 9.80 Å². The molecule has 3 rings (SSSR count). The maximum Gasteiger partial charge on any atom is 0.354 e. The normalized spacial score (nSPS) is 13.8. The number of ether oxygens (including phenoxy) is 2. The Morgan fingerprint density at radius 3 is 1.97 bits per heavy atom. The van der Waals surface area contributed by atoms with Crippen LogP contribution in [0.5, 0.6) is 0 Å². The molecule has 1 N–H and O–H groups in total. The van der Waals surface area contributed by atoms with Gasteiger partial charge in [-0.15, -0.1) is 0 Å². The van der Waals surface area contributed by atoms with E-state index in [-0.39, 0.29) is 17.5 Å². The number of piperazine rings is 1. The number of carbonyl (C=O) groups is 4. The van der Waals surface area contributed by atoms with Crippen molar-refractivity contribution in [1.29, 1.82) is 0 Å². The summed E-state index contributed by atoms with van der Waals surface area (Å²) in [5.74, 6) is -1.85. The minimum Gasteiger partial charge on any atom is -0.466 e. The highest BCUT2D eigenvalue weighted by Crippen LogP contribution is 2.21. The van der Waals surface area contributed by atoms with Crippen molar-refractivity contribution in [2.45, 2.75) is 0 Å². The van der Waals surface area contributed by atoms with Gasteiger partial charge in [0, 0.05) is 31.7 Å². The van der Waals surface area contributed by atoms with Crippen LogP contribution >= 0.6 is 0 Å². The summed E-state index contributed by atoms with van der Waals surface area (Å²) in [7, 11) is 2.37. The second-order valence-corrected chi connectivity index (χ2v) is 7.19. The first-order valence-electron chi connectivity index (χ1n) is 10.3. The Hall–Kier alpha value is -4.14. The monoisotopic (exact) mass is 451 g/mol. The molecule has 1 fully saturated rings. The second kappa shape index (κ2) is 10.9. The predicted octanol–water partition coefficient (Wildman–Crippen LogP) is 1.93. The van der Waals surface area contributed by atoms with Gasteiger partial charge in [-0.1, -0.05) is 30.3 Å². The van der Waals surface area contributed by atoms with Crippen LogP contribution in [0.25, 0.3) is 0 Å². The van der Waals surface area contributed by atoms with Crippen LogP contribution in [-0.2, 0) is 19.1 Å². The van der Waals surface area contributed by atoms with Crippen LogP contribution in [0, 0.1) is 0 Å². The van der Waals surface area contributed by atoms with E-state index in [9.17, 15) is 19.2 Å². The van der Waals surface area contributed by atoms with E-state index in [1.54, 1.807) is 46.2 Å². The maximum atomic E-state index is 13.2. The van der Waals surface area contributed by atoms with Crippen molar-refractivity contribution in [2.24, 2.45) is 0 Å². The van der Waals surface area contributed by atoms with E-state index in [0.29, 0.717) is 43.0 Å². The summed E-state index contributed by atoms with van der Waals surface area (Å²) in [5.41, 5.74) is 1.10. The lowest BCUT2D eigenvalue weighted by Crippen LogP contribution is -2.50. The van der Waals surface area contributed by atoms with Crippen LogP contribution in [0.3, 0.4) is 0 Å². The summed E-state index contributed by atoms with van der Waals surface area (Å²) in [6, 6.07) is 15.7. The van der Waals surface area contributed by atoms with E-state index in [1.807, 2.05) is 18.2 Å². The topological polar surface area (TPSA) is 105 Å². The van der Waals surface area contributed by atoms with Gasteiger partial charge in [0.15, 0.2) is 0 Å². The standard InChI is InChI=1S/C24H25N3O6/c1-32-21(28)16-20(24(31)33-2)25-19-11-7-6-10-18(19)23(30)27-14-12-26(13-15-27)22(29)17-8-4-3-5-9-17/h3-11,16,25H,12-15H2,1-2H3/b20-16+. The number of hydrogen-bond donors (Lipinski definition) is 1. The van der Waals surface area contributed by atoms with E-state index in [1.165, 1.54) is 14.2 Å². The summed E-state index contributed by atoms with van der Waals surface area (Å²) < 4.78 is 9.28. The molecule has 2 amide bonds. The molecule has 1 saturated heterocycles. The first kappa shape index (κ1) is 23.5. The number of amides is 2. The van der Waals surface area contributed by atoms with Crippen LogP contribution in [-0.4, -0.2) is 74.0 Å². The smallest absolute Gasteiger partial charge is 0.354 e. The van der Waals surface area contributed by atoms with Gasteiger partial charge in [0.1, 0.15) is 5.70 Å². The Morgan fingerprint density at radius 1 is 0.788 bits per heavy atom. The number of esters is 2. The molecule has 0 atom stereocenters. The Labute approximate surface area is 191 Å². The number of rotatable bonds is 6. The Bertz CT molecular complexity index is 1060. The molecule has 9 nitrogen and oxygen atoms in total. The minimum atomic E-state index is -0.782. The molecular formula is C24H25N3O6. The summed E-state index contributed by atoms with van der Waals surface area (Å²) in [5, 5.41) is 2.81. The number of anilines is 1. The number of para-hydroxylation sites is 1. The van der Waals surface area contributed by atoms with Crippen LogP contribution in [0.15, 0.2) is 66.4 Å². The van der Waals surface area contributed by atoms with Crippen molar-refractivity contribution in [2.75, 3.05) is 45.7 Å². The van der Waals surface area contributed by atoms with Gasteiger partial charge in [-0.25, -0.2) is 9.59 Å². The van der Waals surface area contributed by atoms with E-state index >= 15 is 0 Å². The van der Waals surface area contributed by atoms with Crippen molar-refractivity contribution >= 4 is 29.4 Å². The molecule has 0 aromatic heterocycles. The quantitative estimate of drug-likeness (QED) is 0.528. The lowest BCUT2D eigenvalue weighted by molar-refractivity contribution is -0.138. The lowest BCUT2D eigenvalue weighted by Gasteiger charge is -2.35. The van der Waals surface area contributed by atoms with Gasteiger partial charge in [-0.3, -0.25) is 9.59 Å². The molecule has 1 aliphatic rings. The van der Waals surface area contributed by atoms with Crippen LogP contribution in [0.2, 0.25) is 0 Å². The Balaban J connectivity index is 1.73. The van der Waals surface area contributed by atoms with Crippen molar-refractivity contribution < 1.29 is 28.7 Å². The molecule has 0 spiro atoms. The molecular weight excluding hydrogens is 426 g/mol. The van der Waals surface area contributed by atoms with Crippen molar-refractivity contribution in [3.63, 3.8) is 0 Å². The van der Waals surface area contributed by atoms with Gasteiger partial charge in [0.2, 0.25) is 0 Å². The van der Waals surface area contributed by atoms with E-state index in [0.717, 1.165) is 6.08 Å². The highest BCUT2D eigenvalue weighted by Gasteiger charge is 2.27. The van der Waals surface area contributed by atoms with Crippen LogP contribution < -0.4 is 5.32 Å². The molecule has 33 heavy (non-hydrogen) atoms. The first-order valence-corrected chi connectivity index (χ1v) is 10.3. The van der Waals surface area contributed by atoms with Gasteiger partial charge in [0.25, 0.3) is 11.8 Å². The molecule has 0 radical (unpaired) electrons. The SMILES string of the molecule is COC(=O)/C=C(/Nc1ccccc1C(=O)N1CCN(C(=O)c2ccccc2)CC1)C(=O)OC. The first-order chi connectivity index (χ1) is 15.9. The molecule has 2 aromatic rings. The number of methoxy groups -OCH3 is 2. The van der Waals surface area contributed by atoms with Crippen molar-refractivity contribution in [3.05, 3.63) is 77.5 Å². The largest absolute Gasteiger partial charge is 0.466 e. The Morgan fingerprint density at radius 2 is 1.36 bits per heavy atom. The fourth-order valence-electron chi connectivity index (χ4n) is 3.40. The fraction of sp³-hybridized carbons (Fsp3) is 0.250. The van der Waals surface area contributed by atoms with Crippen LogP contribution in [0.4, 0.5) is 5.69 Å². The number of nitrogens with one attached hydrogen (secondary N) is 1. The minimum absolute atomic E-state index is 0.0690. The molecule has 0 aliphatic carbocycles. The zero-order valence-corrected chi connectivity index (χ0v) is 18.4. The zero-order valence-electron chi connectivity index (χ0n) is 18.4. The molecule has 0 saturated carbocycles. The summed E-state index contributed by atoms with van der Waals surface area (Å²) in [6.07, 6.45) is 0.959. The summed E-state index contributed by atoms with van der Waals surface area (Å²) in [4.78, 5) is 53.0. The van der Waals surface area contributed by atoms with Gasteiger partial charge >= 0.3 is 11.9 Å². The Kier molecular flexibility index (Phi) is 7.80. The number of hydrogen-bond acceptors (Lipinski definition) is 7. The highest BCUT2D eigenvalue weighted by atomic mass is 16.5. The van der Waals surface area contributed by atoms with E-state index in [2.05, 4.69) is 10.1 Å². The number of benzene rings is 2. The van der Waals surface area contributed by atoms with Gasteiger partial charge in [-0.05, 0) is 24.3 Å². The van der Waals surface area contributed by atoms with E-state index in [4.69, 9.17) is 4.74 Å². The lowest BCUT2D eigenvalue weighted by atomic mass is 10.1. The molecule has 0 unspecified atom stereocenters.